The van der Waals surface area contributed by atoms with Crippen molar-refractivity contribution in [2.24, 2.45) is 11.7 Å². The third-order valence-corrected chi connectivity index (χ3v) is 5.26. The van der Waals surface area contributed by atoms with Crippen LogP contribution in [0.1, 0.15) is 26.3 Å². The molecule has 0 unspecified atom stereocenters. The fourth-order valence-corrected chi connectivity index (χ4v) is 4.07. The Morgan fingerprint density at radius 2 is 2.00 bits per heavy atom. The van der Waals surface area contributed by atoms with Gasteiger partial charge >= 0.3 is 0 Å². The minimum atomic E-state index is -3.50. The van der Waals surface area contributed by atoms with Crippen LogP contribution in [-0.2, 0) is 16.4 Å². The smallest absolute Gasteiger partial charge is 0.243 e. The number of methoxy groups -OCH3 is 1. The Hall–Kier alpha value is -1.11. The predicted molar refractivity (Wildman–Crippen MR) is 85.0 cm³/mol. The van der Waals surface area contributed by atoms with Gasteiger partial charge in [-0.3, -0.25) is 0 Å². The lowest BCUT2D eigenvalue weighted by Crippen LogP contribution is -2.34. The van der Waals surface area contributed by atoms with Crippen molar-refractivity contribution >= 4 is 10.0 Å². The van der Waals surface area contributed by atoms with E-state index in [1.165, 1.54) is 4.31 Å². The van der Waals surface area contributed by atoms with E-state index in [0.717, 1.165) is 0 Å². The molecule has 0 spiro atoms. The first-order valence-corrected chi connectivity index (χ1v) is 8.67. The topological polar surface area (TPSA) is 72.6 Å². The molecule has 2 N–H and O–H groups in total. The van der Waals surface area contributed by atoms with Crippen molar-refractivity contribution in [1.29, 1.82) is 0 Å². The zero-order chi connectivity index (χ0) is 16.0. The van der Waals surface area contributed by atoms with E-state index in [2.05, 4.69) is 0 Å². The Morgan fingerprint density at radius 3 is 2.48 bits per heavy atom. The van der Waals surface area contributed by atoms with Gasteiger partial charge in [0.25, 0.3) is 0 Å². The first-order chi connectivity index (χ1) is 9.86. The molecule has 1 aromatic rings. The summed E-state index contributed by atoms with van der Waals surface area (Å²) in [5.41, 5.74) is 6.31. The molecule has 0 aliphatic heterocycles. The number of hydrogen-bond donors (Lipinski definition) is 1. The molecule has 5 nitrogen and oxygen atoms in total. The minimum absolute atomic E-state index is 0.274. The van der Waals surface area contributed by atoms with Crippen LogP contribution < -0.4 is 10.5 Å². The van der Waals surface area contributed by atoms with Crippen molar-refractivity contribution < 1.29 is 13.2 Å². The maximum absolute atomic E-state index is 12.8. The van der Waals surface area contributed by atoms with Crippen LogP contribution in [0.15, 0.2) is 23.1 Å². The van der Waals surface area contributed by atoms with Gasteiger partial charge in [0.2, 0.25) is 10.0 Å². The maximum Gasteiger partial charge on any atom is 0.243 e. The third kappa shape index (κ3) is 4.43. The average Bonchev–Trinajstić information content (AvgIpc) is 2.44. The van der Waals surface area contributed by atoms with Crippen LogP contribution in [0.5, 0.6) is 5.75 Å². The molecule has 6 heteroatoms. The summed E-state index contributed by atoms with van der Waals surface area (Å²) in [5.74, 6) is 0.917. The van der Waals surface area contributed by atoms with Crippen LogP contribution in [0, 0.1) is 5.92 Å². The number of nitrogens with zero attached hydrogens (tertiary/aromatic N) is 1. The summed E-state index contributed by atoms with van der Waals surface area (Å²) in [6.07, 6.45) is 0.505. The third-order valence-electron chi connectivity index (χ3n) is 3.22. The van der Waals surface area contributed by atoms with E-state index in [0.29, 0.717) is 42.3 Å². The summed E-state index contributed by atoms with van der Waals surface area (Å²) in [4.78, 5) is 0.330. The molecule has 0 aromatic heterocycles. The summed E-state index contributed by atoms with van der Waals surface area (Å²) in [6.45, 7) is 7.22. The van der Waals surface area contributed by atoms with Gasteiger partial charge in [0.05, 0.1) is 12.0 Å². The van der Waals surface area contributed by atoms with Gasteiger partial charge < -0.3 is 10.5 Å². The van der Waals surface area contributed by atoms with Gasteiger partial charge in [-0.1, -0.05) is 20.8 Å². The Kier molecular flexibility index (Phi) is 6.64. The van der Waals surface area contributed by atoms with Gasteiger partial charge in [0.15, 0.2) is 0 Å². The van der Waals surface area contributed by atoms with E-state index >= 15 is 0 Å². The molecule has 0 fully saturated rings. The van der Waals surface area contributed by atoms with Crippen LogP contribution in [0.2, 0.25) is 0 Å². The normalized spacial score (nSPS) is 12.1. The van der Waals surface area contributed by atoms with E-state index in [1.807, 2.05) is 20.8 Å². The summed E-state index contributed by atoms with van der Waals surface area (Å²) in [5, 5.41) is 0. The van der Waals surface area contributed by atoms with E-state index in [-0.39, 0.29) is 5.92 Å². The molecule has 0 amide bonds. The SMILES string of the molecule is CCN(CC(C)C)S(=O)(=O)c1ccc(OC)cc1CCN. The second kappa shape index (κ2) is 7.77. The van der Waals surface area contributed by atoms with Crippen molar-refractivity contribution in [3.8, 4) is 5.75 Å². The largest absolute Gasteiger partial charge is 0.497 e. The van der Waals surface area contributed by atoms with Crippen molar-refractivity contribution in [2.75, 3.05) is 26.7 Å². The zero-order valence-electron chi connectivity index (χ0n) is 13.3. The van der Waals surface area contributed by atoms with Gasteiger partial charge in [-0.05, 0) is 42.6 Å². The van der Waals surface area contributed by atoms with Gasteiger partial charge in [-0.25, -0.2) is 8.42 Å². The van der Waals surface area contributed by atoms with Crippen LogP contribution >= 0.6 is 0 Å². The van der Waals surface area contributed by atoms with E-state index in [4.69, 9.17) is 10.5 Å². The van der Waals surface area contributed by atoms with E-state index in [9.17, 15) is 8.42 Å². The summed E-state index contributed by atoms with van der Waals surface area (Å²) in [6, 6.07) is 5.04. The molecule has 0 saturated heterocycles. The maximum atomic E-state index is 12.8. The van der Waals surface area contributed by atoms with Crippen molar-refractivity contribution in [2.45, 2.75) is 32.1 Å². The first-order valence-electron chi connectivity index (χ1n) is 7.23. The van der Waals surface area contributed by atoms with Gasteiger partial charge in [0.1, 0.15) is 5.75 Å². The molecular weight excluding hydrogens is 288 g/mol. The number of sulfonamides is 1. The van der Waals surface area contributed by atoms with Crippen molar-refractivity contribution in [3.63, 3.8) is 0 Å². The number of ether oxygens (including phenoxy) is 1. The average molecular weight is 314 g/mol. The van der Waals surface area contributed by atoms with Crippen molar-refractivity contribution in [1.82, 2.24) is 4.31 Å². The molecule has 0 aliphatic carbocycles. The number of nitrogens with two attached hydrogens (primary N) is 1. The van der Waals surface area contributed by atoms with Crippen LogP contribution in [0.3, 0.4) is 0 Å². The monoisotopic (exact) mass is 314 g/mol. The van der Waals surface area contributed by atoms with Gasteiger partial charge in [-0.15, -0.1) is 0 Å². The lowest BCUT2D eigenvalue weighted by atomic mass is 10.1. The molecule has 21 heavy (non-hydrogen) atoms. The van der Waals surface area contributed by atoms with E-state index in [1.54, 1.807) is 25.3 Å². The summed E-state index contributed by atoms with van der Waals surface area (Å²) in [7, 11) is -1.94. The molecule has 120 valence electrons. The van der Waals surface area contributed by atoms with Crippen LogP contribution in [0.4, 0.5) is 0 Å². The fourth-order valence-electron chi connectivity index (χ4n) is 2.23. The Morgan fingerprint density at radius 1 is 1.33 bits per heavy atom. The molecule has 0 heterocycles. The highest BCUT2D eigenvalue weighted by atomic mass is 32.2. The molecule has 0 saturated carbocycles. The van der Waals surface area contributed by atoms with Crippen LogP contribution in [-0.4, -0.2) is 39.5 Å². The molecule has 1 aromatic carbocycles. The standard InChI is InChI=1S/C15H26N2O3S/c1-5-17(11-12(2)3)21(18,19)15-7-6-14(20-4)10-13(15)8-9-16/h6-7,10,12H,5,8-9,11,16H2,1-4H3. The molecule has 0 radical (unpaired) electrons. The fraction of sp³-hybridized carbons (Fsp3) is 0.600. The summed E-state index contributed by atoms with van der Waals surface area (Å²) < 4.78 is 32.4. The Bertz CT molecular complexity index is 556. The Labute approximate surface area is 128 Å². The second-order valence-electron chi connectivity index (χ2n) is 5.36. The van der Waals surface area contributed by atoms with E-state index < -0.39 is 10.0 Å². The molecule has 0 bridgehead atoms. The van der Waals surface area contributed by atoms with Gasteiger partial charge in [-0.2, -0.15) is 4.31 Å². The predicted octanol–water partition coefficient (Wildman–Crippen LogP) is 1.86. The number of benzene rings is 1. The zero-order valence-corrected chi connectivity index (χ0v) is 14.1. The first kappa shape index (κ1) is 17.9. The summed E-state index contributed by atoms with van der Waals surface area (Å²) >= 11 is 0. The number of hydrogen-bond acceptors (Lipinski definition) is 4. The number of rotatable bonds is 8. The lowest BCUT2D eigenvalue weighted by molar-refractivity contribution is 0.380. The molecular formula is C15H26N2O3S. The van der Waals surface area contributed by atoms with Crippen molar-refractivity contribution in [3.05, 3.63) is 23.8 Å². The molecule has 0 atom stereocenters. The molecule has 0 aliphatic rings. The highest BCUT2D eigenvalue weighted by molar-refractivity contribution is 7.89. The Balaban J connectivity index is 3.28. The highest BCUT2D eigenvalue weighted by Crippen LogP contribution is 2.25. The highest BCUT2D eigenvalue weighted by Gasteiger charge is 2.26. The molecule has 1 rings (SSSR count). The minimum Gasteiger partial charge on any atom is -0.497 e. The van der Waals surface area contributed by atoms with Gasteiger partial charge in [0, 0.05) is 13.1 Å². The lowest BCUT2D eigenvalue weighted by Gasteiger charge is -2.24. The van der Waals surface area contributed by atoms with Crippen LogP contribution in [0.25, 0.3) is 0 Å². The second-order valence-corrected chi connectivity index (χ2v) is 7.27. The quantitative estimate of drug-likeness (QED) is 0.795.